The highest BCUT2D eigenvalue weighted by atomic mass is 35.5. The van der Waals surface area contributed by atoms with Gasteiger partial charge in [-0.2, -0.15) is 0 Å². The van der Waals surface area contributed by atoms with Crippen LogP contribution in [-0.2, 0) is 0 Å². The van der Waals surface area contributed by atoms with Gasteiger partial charge in [-0.25, -0.2) is 4.98 Å². The number of carbonyl (C=O) groups excluding carboxylic acids is 1. The minimum absolute atomic E-state index is 0.117. The number of carbonyl (C=O) groups is 1. The molecule has 9 heteroatoms. The molecule has 0 bridgehead atoms. The Labute approximate surface area is 164 Å². The topological polar surface area (TPSA) is 76.4 Å². The number of hydrogen-bond acceptors (Lipinski definition) is 5. The van der Waals surface area contributed by atoms with Crippen molar-refractivity contribution in [2.45, 2.75) is 0 Å². The van der Waals surface area contributed by atoms with E-state index in [2.05, 4.69) is 15.6 Å². The molecule has 1 amide bonds. The summed E-state index contributed by atoms with van der Waals surface area (Å²) in [6, 6.07) is 11.6. The van der Waals surface area contributed by atoms with Gasteiger partial charge in [0.1, 0.15) is 10.8 Å². The number of aromatic nitrogens is 1. The maximum absolute atomic E-state index is 11.9. The largest absolute Gasteiger partial charge is 0.459 e. The van der Waals surface area contributed by atoms with Crippen LogP contribution in [-0.4, -0.2) is 16.0 Å². The minimum atomic E-state index is -0.447. The lowest BCUT2D eigenvalue weighted by Crippen LogP contribution is -2.33. The molecule has 0 radical (unpaired) electrons. The molecular weight excluding hydrogens is 397 g/mol. The fourth-order valence-corrected chi connectivity index (χ4v) is 2.59. The smallest absolute Gasteiger partial charge is 0.293 e. The van der Waals surface area contributed by atoms with Crippen molar-refractivity contribution in [3.05, 3.63) is 70.7 Å². The van der Waals surface area contributed by atoms with Gasteiger partial charge < -0.3 is 14.5 Å². The van der Waals surface area contributed by atoms with Crippen molar-refractivity contribution < 1.29 is 13.9 Å². The molecule has 3 rings (SSSR count). The van der Waals surface area contributed by atoms with E-state index in [4.69, 9.17) is 44.6 Å². The van der Waals surface area contributed by atoms with E-state index in [1.165, 1.54) is 24.6 Å². The number of furan rings is 1. The fraction of sp³-hybridized carbons (Fsp3) is 0. The number of pyridine rings is 1. The van der Waals surface area contributed by atoms with Crippen LogP contribution < -0.4 is 15.4 Å². The van der Waals surface area contributed by atoms with E-state index in [9.17, 15) is 4.79 Å². The second-order valence-electron chi connectivity index (χ2n) is 4.96. The average Bonchev–Trinajstić information content (AvgIpc) is 3.12. The molecule has 132 valence electrons. The number of rotatable bonds is 4. The maximum Gasteiger partial charge on any atom is 0.293 e. The Kier molecular flexibility index (Phi) is 5.72. The second-order valence-corrected chi connectivity index (χ2v) is 6.21. The summed E-state index contributed by atoms with van der Waals surface area (Å²) in [7, 11) is 0. The molecule has 0 spiro atoms. The Bertz CT molecular complexity index is 948. The zero-order valence-electron chi connectivity index (χ0n) is 13.0. The van der Waals surface area contributed by atoms with E-state index in [1.54, 1.807) is 30.3 Å². The first-order valence-electron chi connectivity index (χ1n) is 7.26. The highest BCUT2D eigenvalue weighted by molar-refractivity contribution is 7.80. The van der Waals surface area contributed by atoms with E-state index >= 15 is 0 Å². The standard InChI is InChI=1S/C17H11Cl2N3O3S/c18-10-7-13(19)16(20-9-10)25-12-4-1-3-11(8-12)21-17(26)22-15(23)14-5-2-6-24-14/h1-9H,(H2,21,22,23,26). The van der Waals surface area contributed by atoms with Crippen molar-refractivity contribution in [3.63, 3.8) is 0 Å². The third-order valence-electron chi connectivity index (χ3n) is 3.05. The molecule has 0 saturated heterocycles. The number of nitrogens with zero attached hydrogens (tertiary/aromatic N) is 1. The van der Waals surface area contributed by atoms with Crippen LogP contribution in [0, 0.1) is 0 Å². The molecule has 0 aliphatic rings. The van der Waals surface area contributed by atoms with Crippen LogP contribution in [0.15, 0.2) is 59.3 Å². The summed E-state index contributed by atoms with van der Waals surface area (Å²) in [5.74, 6) is 0.417. The fourth-order valence-electron chi connectivity index (χ4n) is 1.96. The van der Waals surface area contributed by atoms with Crippen molar-refractivity contribution >= 4 is 52.1 Å². The molecule has 2 heterocycles. The van der Waals surface area contributed by atoms with Gasteiger partial charge in [-0.1, -0.05) is 29.3 Å². The molecule has 0 aliphatic carbocycles. The SMILES string of the molecule is O=C(NC(=S)Nc1cccc(Oc2ncc(Cl)cc2Cl)c1)c1ccco1. The summed E-state index contributed by atoms with van der Waals surface area (Å²) in [5, 5.41) is 6.22. The molecule has 0 aliphatic heterocycles. The highest BCUT2D eigenvalue weighted by Gasteiger charge is 2.11. The zero-order valence-corrected chi connectivity index (χ0v) is 15.4. The first-order chi connectivity index (χ1) is 12.5. The number of hydrogen-bond donors (Lipinski definition) is 2. The molecule has 0 fully saturated rings. The predicted octanol–water partition coefficient (Wildman–Crippen LogP) is 4.90. The molecule has 6 nitrogen and oxygen atoms in total. The number of amides is 1. The van der Waals surface area contributed by atoms with Crippen LogP contribution in [0.1, 0.15) is 10.6 Å². The number of benzene rings is 1. The molecule has 0 atom stereocenters. The molecule has 0 saturated carbocycles. The Morgan fingerprint density at radius 3 is 2.77 bits per heavy atom. The van der Waals surface area contributed by atoms with Crippen LogP contribution in [0.4, 0.5) is 5.69 Å². The molecule has 2 aromatic heterocycles. The van der Waals surface area contributed by atoms with Gasteiger partial charge in [-0.15, -0.1) is 0 Å². The van der Waals surface area contributed by atoms with Gasteiger partial charge in [0.05, 0.1) is 11.3 Å². The van der Waals surface area contributed by atoms with Gasteiger partial charge in [0.2, 0.25) is 5.88 Å². The van der Waals surface area contributed by atoms with Crippen LogP contribution in [0.25, 0.3) is 0 Å². The van der Waals surface area contributed by atoms with Crippen LogP contribution in [0.2, 0.25) is 10.0 Å². The number of halogens is 2. The first-order valence-corrected chi connectivity index (χ1v) is 8.42. The maximum atomic E-state index is 11.9. The summed E-state index contributed by atoms with van der Waals surface area (Å²) in [4.78, 5) is 15.9. The predicted molar refractivity (Wildman–Crippen MR) is 103 cm³/mol. The molecule has 26 heavy (non-hydrogen) atoms. The molecule has 3 aromatic rings. The number of ether oxygens (including phenoxy) is 1. The normalized spacial score (nSPS) is 10.2. The van der Waals surface area contributed by atoms with Crippen LogP contribution >= 0.6 is 35.4 Å². The monoisotopic (exact) mass is 407 g/mol. The quantitative estimate of drug-likeness (QED) is 0.598. The first kappa shape index (κ1) is 18.2. The van der Waals surface area contributed by atoms with Crippen molar-refractivity contribution in [2.24, 2.45) is 0 Å². The summed E-state index contributed by atoms with van der Waals surface area (Å²) >= 11 is 17.0. The van der Waals surface area contributed by atoms with Crippen LogP contribution in [0.3, 0.4) is 0 Å². The lowest BCUT2D eigenvalue weighted by Gasteiger charge is -2.11. The Morgan fingerprint density at radius 1 is 1.19 bits per heavy atom. The Hall–Kier alpha value is -2.61. The summed E-state index contributed by atoms with van der Waals surface area (Å²) < 4.78 is 10.6. The summed E-state index contributed by atoms with van der Waals surface area (Å²) in [6.07, 6.45) is 2.84. The Balaban J connectivity index is 1.65. The van der Waals surface area contributed by atoms with Gasteiger partial charge in [-0.05, 0) is 42.5 Å². The third kappa shape index (κ3) is 4.72. The van der Waals surface area contributed by atoms with Gasteiger partial charge >= 0.3 is 0 Å². The van der Waals surface area contributed by atoms with Gasteiger partial charge in [-0.3, -0.25) is 10.1 Å². The van der Waals surface area contributed by atoms with E-state index in [0.29, 0.717) is 16.5 Å². The molecule has 0 unspecified atom stereocenters. The number of thiocarbonyl (C=S) groups is 1. The minimum Gasteiger partial charge on any atom is -0.459 e. The van der Waals surface area contributed by atoms with Crippen molar-refractivity contribution in [2.75, 3.05) is 5.32 Å². The van der Waals surface area contributed by atoms with Crippen molar-refractivity contribution in [3.8, 4) is 11.6 Å². The van der Waals surface area contributed by atoms with Crippen LogP contribution in [0.5, 0.6) is 11.6 Å². The summed E-state index contributed by atoms with van der Waals surface area (Å²) in [6.45, 7) is 0. The van der Waals surface area contributed by atoms with Gasteiger partial charge in [0.25, 0.3) is 5.91 Å². The lowest BCUT2D eigenvalue weighted by molar-refractivity contribution is 0.0950. The highest BCUT2D eigenvalue weighted by Crippen LogP contribution is 2.30. The van der Waals surface area contributed by atoms with E-state index in [0.717, 1.165) is 0 Å². The number of nitrogens with one attached hydrogen (secondary N) is 2. The molecular formula is C17H11Cl2N3O3S. The van der Waals surface area contributed by atoms with E-state index < -0.39 is 5.91 Å². The third-order valence-corrected chi connectivity index (χ3v) is 3.73. The van der Waals surface area contributed by atoms with Gasteiger partial charge in [0, 0.05) is 18.0 Å². The zero-order chi connectivity index (χ0) is 18.5. The molecule has 1 aromatic carbocycles. The average molecular weight is 408 g/mol. The van der Waals surface area contributed by atoms with Crippen molar-refractivity contribution in [1.82, 2.24) is 10.3 Å². The van der Waals surface area contributed by atoms with E-state index in [1.807, 2.05) is 0 Å². The second kappa shape index (κ2) is 8.18. The van der Waals surface area contributed by atoms with E-state index in [-0.39, 0.29) is 21.8 Å². The lowest BCUT2D eigenvalue weighted by atomic mass is 10.3. The summed E-state index contributed by atoms with van der Waals surface area (Å²) in [5.41, 5.74) is 0.609. The van der Waals surface area contributed by atoms with Gasteiger partial charge in [0.15, 0.2) is 10.9 Å². The van der Waals surface area contributed by atoms with Crippen molar-refractivity contribution in [1.29, 1.82) is 0 Å². The Morgan fingerprint density at radius 2 is 2.04 bits per heavy atom. The molecule has 2 N–H and O–H groups in total. The number of anilines is 1.